The van der Waals surface area contributed by atoms with E-state index in [1.54, 1.807) is 13.3 Å². The molecule has 6 nitrogen and oxygen atoms in total. The molecule has 0 bridgehead atoms. The van der Waals surface area contributed by atoms with Gasteiger partial charge in [0.1, 0.15) is 5.75 Å². The summed E-state index contributed by atoms with van der Waals surface area (Å²) < 4.78 is 5.32. The van der Waals surface area contributed by atoms with E-state index in [1.807, 2.05) is 30.3 Å². The van der Waals surface area contributed by atoms with Crippen LogP contribution >= 0.6 is 0 Å². The summed E-state index contributed by atoms with van der Waals surface area (Å²) in [5, 5.41) is 14.4. The lowest BCUT2D eigenvalue weighted by atomic mass is 10.1. The van der Waals surface area contributed by atoms with Crippen LogP contribution in [0.25, 0.3) is 0 Å². The molecule has 1 heterocycles. The van der Waals surface area contributed by atoms with Gasteiger partial charge in [-0.3, -0.25) is 0 Å². The first-order valence-corrected chi connectivity index (χ1v) is 8.23. The molecule has 3 rings (SSSR count). The molecule has 0 atom stereocenters. The van der Waals surface area contributed by atoms with Crippen molar-refractivity contribution in [2.75, 3.05) is 24.3 Å². The molecule has 0 aliphatic rings. The van der Waals surface area contributed by atoms with Crippen LogP contribution in [0.3, 0.4) is 0 Å². The molecular formula is C19H21N5O. The molecule has 0 radical (unpaired) electrons. The first-order chi connectivity index (χ1) is 12.3. The number of rotatable bonds is 8. The Labute approximate surface area is 147 Å². The Kier molecular flexibility index (Phi) is 5.77. The fourth-order valence-corrected chi connectivity index (χ4v) is 2.46. The van der Waals surface area contributed by atoms with Crippen molar-refractivity contribution in [3.8, 4) is 5.75 Å². The molecule has 0 amide bonds. The Balaban J connectivity index is 1.54. The zero-order valence-electron chi connectivity index (χ0n) is 14.1. The van der Waals surface area contributed by atoms with Crippen molar-refractivity contribution in [3.05, 3.63) is 66.4 Å². The number of methoxy groups -OCH3 is 1. The minimum absolute atomic E-state index is 0.428. The van der Waals surface area contributed by atoms with Crippen LogP contribution in [0, 0.1) is 0 Å². The molecule has 2 N–H and O–H groups in total. The van der Waals surface area contributed by atoms with Crippen molar-refractivity contribution in [1.29, 1.82) is 0 Å². The predicted octanol–water partition coefficient (Wildman–Crippen LogP) is 3.67. The van der Waals surface area contributed by atoms with Gasteiger partial charge in [-0.2, -0.15) is 10.1 Å². The summed E-state index contributed by atoms with van der Waals surface area (Å²) in [6.07, 6.45) is 3.66. The van der Waals surface area contributed by atoms with E-state index in [9.17, 15) is 0 Å². The number of nitrogens with one attached hydrogen (secondary N) is 2. The monoisotopic (exact) mass is 335 g/mol. The van der Waals surface area contributed by atoms with Crippen molar-refractivity contribution in [3.63, 3.8) is 0 Å². The number of ether oxygens (including phenoxy) is 1. The van der Waals surface area contributed by atoms with E-state index in [4.69, 9.17) is 4.74 Å². The molecule has 0 aliphatic carbocycles. The maximum Gasteiger partial charge on any atom is 0.249 e. The molecule has 1 aromatic heterocycles. The quantitative estimate of drug-likeness (QED) is 0.612. The van der Waals surface area contributed by atoms with Crippen LogP contribution < -0.4 is 15.4 Å². The average molecular weight is 335 g/mol. The van der Waals surface area contributed by atoms with Gasteiger partial charge in [0, 0.05) is 6.54 Å². The zero-order valence-corrected chi connectivity index (χ0v) is 14.1. The van der Waals surface area contributed by atoms with Gasteiger partial charge < -0.3 is 15.4 Å². The minimum Gasteiger partial charge on any atom is -0.495 e. The number of aromatic nitrogens is 3. The van der Waals surface area contributed by atoms with Crippen molar-refractivity contribution in [2.24, 2.45) is 0 Å². The SMILES string of the molecule is COc1ccccc1Nc1nncc(NCCCc2ccccc2)n1. The van der Waals surface area contributed by atoms with E-state index in [2.05, 4.69) is 50.1 Å². The Hall–Kier alpha value is -3.15. The van der Waals surface area contributed by atoms with Gasteiger partial charge in [0.25, 0.3) is 0 Å². The smallest absolute Gasteiger partial charge is 0.249 e. The first-order valence-electron chi connectivity index (χ1n) is 8.23. The highest BCUT2D eigenvalue weighted by molar-refractivity contribution is 5.62. The molecule has 2 aromatic carbocycles. The zero-order chi connectivity index (χ0) is 17.3. The van der Waals surface area contributed by atoms with E-state index >= 15 is 0 Å². The average Bonchev–Trinajstić information content (AvgIpc) is 2.67. The number of benzene rings is 2. The lowest BCUT2D eigenvalue weighted by Gasteiger charge is -2.10. The molecule has 0 fully saturated rings. The Morgan fingerprint density at radius 3 is 2.64 bits per heavy atom. The van der Waals surface area contributed by atoms with Crippen LogP contribution in [-0.2, 0) is 6.42 Å². The lowest BCUT2D eigenvalue weighted by molar-refractivity contribution is 0.417. The number of para-hydroxylation sites is 2. The van der Waals surface area contributed by atoms with E-state index in [-0.39, 0.29) is 0 Å². The highest BCUT2D eigenvalue weighted by Gasteiger charge is 2.05. The third-order valence-corrected chi connectivity index (χ3v) is 3.70. The molecule has 0 saturated carbocycles. The summed E-state index contributed by atoms with van der Waals surface area (Å²) in [6.45, 7) is 0.821. The van der Waals surface area contributed by atoms with Gasteiger partial charge in [-0.25, -0.2) is 0 Å². The summed E-state index contributed by atoms with van der Waals surface area (Å²) in [5.74, 6) is 1.85. The summed E-state index contributed by atoms with van der Waals surface area (Å²) in [6, 6.07) is 18.1. The second-order valence-corrected chi connectivity index (χ2v) is 5.51. The van der Waals surface area contributed by atoms with E-state index in [1.165, 1.54) is 5.56 Å². The van der Waals surface area contributed by atoms with Crippen molar-refractivity contribution < 1.29 is 4.74 Å². The molecule has 6 heteroatoms. The van der Waals surface area contributed by atoms with E-state index in [0.29, 0.717) is 11.8 Å². The first kappa shape index (κ1) is 16.7. The lowest BCUT2D eigenvalue weighted by Crippen LogP contribution is -2.08. The Morgan fingerprint density at radius 2 is 1.80 bits per heavy atom. The van der Waals surface area contributed by atoms with Crippen molar-refractivity contribution in [2.45, 2.75) is 12.8 Å². The Bertz CT molecular complexity index is 795. The molecule has 0 spiro atoms. The third-order valence-electron chi connectivity index (χ3n) is 3.70. The number of aryl methyl sites for hydroxylation is 1. The highest BCUT2D eigenvalue weighted by Crippen LogP contribution is 2.25. The minimum atomic E-state index is 0.428. The normalized spacial score (nSPS) is 10.3. The maximum absolute atomic E-state index is 5.32. The molecule has 3 aromatic rings. The van der Waals surface area contributed by atoms with Crippen LogP contribution in [0.1, 0.15) is 12.0 Å². The summed E-state index contributed by atoms with van der Waals surface area (Å²) in [5.41, 5.74) is 2.14. The van der Waals surface area contributed by atoms with Crippen LogP contribution in [0.4, 0.5) is 17.5 Å². The standard InChI is InChI=1S/C19H21N5O/c1-25-17-12-6-5-11-16(17)22-19-23-18(14-21-24-19)20-13-7-10-15-8-3-2-4-9-15/h2-6,8-9,11-12,14H,7,10,13H2,1H3,(H2,20,22,23,24). The van der Waals surface area contributed by atoms with Crippen LogP contribution in [0.15, 0.2) is 60.8 Å². The largest absolute Gasteiger partial charge is 0.495 e. The highest BCUT2D eigenvalue weighted by atomic mass is 16.5. The summed E-state index contributed by atoms with van der Waals surface area (Å²) in [7, 11) is 1.63. The maximum atomic E-state index is 5.32. The van der Waals surface area contributed by atoms with Gasteiger partial charge in [-0.05, 0) is 30.5 Å². The molecule has 0 saturated heterocycles. The van der Waals surface area contributed by atoms with Gasteiger partial charge in [-0.15, -0.1) is 5.10 Å². The molecular weight excluding hydrogens is 314 g/mol. The van der Waals surface area contributed by atoms with Crippen molar-refractivity contribution in [1.82, 2.24) is 15.2 Å². The van der Waals surface area contributed by atoms with Crippen LogP contribution in [0.5, 0.6) is 5.75 Å². The molecule has 0 aliphatic heterocycles. The third kappa shape index (κ3) is 4.91. The molecule has 128 valence electrons. The number of nitrogens with zero attached hydrogens (tertiary/aromatic N) is 3. The second-order valence-electron chi connectivity index (χ2n) is 5.51. The number of anilines is 3. The number of hydrogen-bond acceptors (Lipinski definition) is 6. The van der Waals surface area contributed by atoms with E-state index < -0.39 is 0 Å². The van der Waals surface area contributed by atoms with Gasteiger partial charge in [0.2, 0.25) is 5.95 Å². The number of hydrogen-bond donors (Lipinski definition) is 2. The van der Waals surface area contributed by atoms with Crippen LogP contribution in [-0.4, -0.2) is 28.8 Å². The van der Waals surface area contributed by atoms with Gasteiger partial charge in [-0.1, -0.05) is 42.5 Å². The fraction of sp³-hybridized carbons (Fsp3) is 0.211. The fourth-order valence-electron chi connectivity index (χ4n) is 2.46. The van der Waals surface area contributed by atoms with E-state index in [0.717, 1.165) is 30.8 Å². The van der Waals surface area contributed by atoms with Crippen LogP contribution in [0.2, 0.25) is 0 Å². The molecule has 25 heavy (non-hydrogen) atoms. The van der Waals surface area contributed by atoms with Crippen molar-refractivity contribution >= 4 is 17.5 Å². The Morgan fingerprint density at radius 1 is 1.00 bits per heavy atom. The molecule has 0 unspecified atom stereocenters. The summed E-state index contributed by atoms with van der Waals surface area (Å²) in [4.78, 5) is 4.44. The predicted molar refractivity (Wildman–Crippen MR) is 99.4 cm³/mol. The van der Waals surface area contributed by atoms with Gasteiger partial charge in [0.05, 0.1) is 19.0 Å². The second kappa shape index (κ2) is 8.63. The topological polar surface area (TPSA) is 72.0 Å². The van der Waals surface area contributed by atoms with Gasteiger partial charge in [0.15, 0.2) is 5.82 Å². The van der Waals surface area contributed by atoms with Gasteiger partial charge >= 0.3 is 0 Å². The summed E-state index contributed by atoms with van der Waals surface area (Å²) >= 11 is 0.